The highest BCUT2D eigenvalue weighted by Gasteiger charge is 2.24. The van der Waals surface area contributed by atoms with Crippen LogP contribution in [-0.2, 0) is 10.1 Å². The molecule has 2 rings (SSSR count). The van der Waals surface area contributed by atoms with E-state index in [-0.39, 0.29) is 17.2 Å². The van der Waals surface area contributed by atoms with Gasteiger partial charge in [-0.25, -0.2) is 4.39 Å². The maximum Gasteiger partial charge on any atom is 0.342 e. The van der Waals surface area contributed by atoms with Gasteiger partial charge in [-0.15, -0.1) is 0 Å². The lowest BCUT2D eigenvalue weighted by Crippen LogP contribution is -2.12. The first kappa shape index (κ1) is 18.1. The van der Waals surface area contributed by atoms with Crippen molar-refractivity contribution in [2.75, 3.05) is 14.2 Å². The molecule has 0 aromatic heterocycles. The molecule has 2 aromatic carbocycles. The lowest BCUT2D eigenvalue weighted by molar-refractivity contribution is 0.349. The van der Waals surface area contributed by atoms with Crippen LogP contribution in [-0.4, -0.2) is 22.6 Å². The van der Waals surface area contributed by atoms with Crippen molar-refractivity contribution in [2.24, 2.45) is 0 Å². The van der Waals surface area contributed by atoms with Crippen molar-refractivity contribution >= 4 is 10.1 Å². The lowest BCUT2D eigenvalue weighted by atomic mass is 10.0. The minimum Gasteiger partial charge on any atom is -0.493 e. The number of rotatable bonds is 6. The lowest BCUT2D eigenvalue weighted by Gasteiger charge is -2.12. The molecule has 0 amide bonds. The molecule has 0 aliphatic carbocycles. The molecule has 0 saturated carbocycles. The van der Waals surface area contributed by atoms with E-state index < -0.39 is 20.8 Å². The fraction of sp³-hybridized carbons (Fsp3) is 0.294. The summed E-state index contributed by atoms with van der Waals surface area (Å²) in [7, 11) is -1.68. The second-order valence-corrected chi connectivity index (χ2v) is 6.91. The predicted octanol–water partition coefficient (Wildman–Crippen LogP) is 3.73. The van der Waals surface area contributed by atoms with Gasteiger partial charge in [0.05, 0.1) is 14.2 Å². The molecule has 0 spiro atoms. The molecule has 0 aliphatic heterocycles. The first-order chi connectivity index (χ1) is 11.3. The van der Waals surface area contributed by atoms with E-state index >= 15 is 0 Å². The average molecular weight is 354 g/mol. The molecule has 0 aliphatic rings. The maximum absolute atomic E-state index is 14.1. The number of ether oxygens (including phenoxy) is 2. The highest BCUT2D eigenvalue weighted by Crippen LogP contribution is 2.33. The van der Waals surface area contributed by atoms with Gasteiger partial charge in [0.2, 0.25) is 0 Å². The fourth-order valence-electron chi connectivity index (χ4n) is 2.11. The summed E-state index contributed by atoms with van der Waals surface area (Å²) in [6, 6.07) is 8.57. The third-order valence-electron chi connectivity index (χ3n) is 3.46. The summed E-state index contributed by atoms with van der Waals surface area (Å²) >= 11 is 0. The average Bonchev–Trinajstić information content (AvgIpc) is 2.54. The van der Waals surface area contributed by atoms with Gasteiger partial charge in [0.25, 0.3) is 0 Å². The van der Waals surface area contributed by atoms with Crippen molar-refractivity contribution in [3.63, 3.8) is 0 Å². The predicted molar refractivity (Wildman–Crippen MR) is 87.8 cm³/mol. The molecular weight excluding hydrogens is 335 g/mol. The van der Waals surface area contributed by atoms with Gasteiger partial charge in [-0.2, -0.15) is 8.42 Å². The number of halogens is 1. The normalized spacial score (nSPS) is 11.4. The van der Waals surface area contributed by atoms with Gasteiger partial charge in [-0.3, -0.25) is 0 Å². The van der Waals surface area contributed by atoms with Crippen LogP contribution in [0.4, 0.5) is 4.39 Å². The quantitative estimate of drug-likeness (QED) is 0.740. The molecule has 0 radical (unpaired) electrons. The van der Waals surface area contributed by atoms with Crippen molar-refractivity contribution in [3.05, 3.63) is 47.8 Å². The van der Waals surface area contributed by atoms with E-state index in [0.29, 0.717) is 5.92 Å². The van der Waals surface area contributed by atoms with E-state index in [1.807, 2.05) is 13.8 Å². The zero-order valence-electron chi connectivity index (χ0n) is 13.9. The number of hydrogen-bond donors (Lipinski definition) is 0. The summed E-state index contributed by atoms with van der Waals surface area (Å²) in [5, 5.41) is 0. The molecule has 130 valence electrons. The number of benzene rings is 2. The largest absolute Gasteiger partial charge is 0.493 e. The van der Waals surface area contributed by atoms with Gasteiger partial charge in [0, 0.05) is 12.1 Å². The monoisotopic (exact) mass is 354 g/mol. The van der Waals surface area contributed by atoms with Crippen LogP contribution in [0.3, 0.4) is 0 Å². The van der Waals surface area contributed by atoms with E-state index in [9.17, 15) is 12.8 Å². The standard InChI is InChI=1S/C17H19FO5S/c1-11(2)12-5-7-13(8-6-12)23-24(19,20)17-10-16(22-4)15(21-3)9-14(17)18/h5-11H,1-4H3. The van der Waals surface area contributed by atoms with E-state index in [0.717, 1.165) is 17.7 Å². The molecule has 0 unspecified atom stereocenters. The van der Waals surface area contributed by atoms with Gasteiger partial charge in [-0.05, 0) is 23.6 Å². The van der Waals surface area contributed by atoms with Crippen molar-refractivity contribution in [3.8, 4) is 17.2 Å². The zero-order chi connectivity index (χ0) is 17.9. The molecule has 2 aromatic rings. The van der Waals surface area contributed by atoms with Crippen molar-refractivity contribution < 1.29 is 26.5 Å². The molecule has 7 heteroatoms. The molecule has 0 bridgehead atoms. The molecular formula is C17H19FO5S. The van der Waals surface area contributed by atoms with Gasteiger partial charge >= 0.3 is 10.1 Å². The van der Waals surface area contributed by atoms with Gasteiger partial charge in [0.1, 0.15) is 16.5 Å². The summed E-state index contributed by atoms with van der Waals surface area (Å²) in [5.74, 6) is -0.384. The molecule has 24 heavy (non-hydrogen) atoms. The summed E-state index contributed by atoms with van der Waals surface area (Å²) in [6.45, 7) is 4.04. The summed E-state index contributed by atoms with van der Waals surface area (Å²) in [5.41, 5.74) is 1.04. The van der Waals surface area contributed by atoms with E-state index in [2.05, 4.69) is 0 Å². The van der Waals surface area contributed by atoms with Crippen LogP contribution in [0.25, 0.3) is 0 Å². The first-order valence-corrected chi connectivity index (χ1v) is 8.65. The van der Waals surface area contributed by atoms with Crippen molar-refractivity contribution in [1.82, 2.24) is 0 Å². The van der Waals surface area contributed by atoms with Gasteiger partial charge in [-0.1, -0.05) is 26.0 Å². The van der Waals surface area contributed by atoms with Crippen LogP contribution in [0.1, 0.15) is 25.3 Å². The molecule has 0 atom stereocenters. The van der Waals surface area contributed by atoms with Crippen molar-refractivity contribution in [2.45, 2.75) is 24.7 Å². The smallest absolute Gasteiger partial charge is 0.342 e. The Kier molecular flexibility index (Phi) is 5.33. The topological polar surface area (TPSA) is 61.8 Å². The summed E-state index contributed by atoms with van der Waals surface area (Å²) in [4.78, 5) is -0.618. The first-order valence-electron chi connectivity index (χ1n) is 7.24. The van der Waals surface area contributed by atoms with Crippen LogP contribution in [0, 0.1) is 5.82 Å². The molecule has 0 fully saturated rings. The highest BCUT2D eigenvalue weighted by molar-refractivity contribution is 7.87. The van der Waals surface area contributed by atoms with Crippen LogP contribution in [0.2, 0.25) is 0 Å². The fourth-order valence-corrected chi connectivity index (χ4v) is 3.11. The highest BCUT2D eigenvalue weighted by atomic mass is 32.2. The zero-order valence-corrected chi connectivity index (χ0v) is 14.7. The molecule has 0 heterocycles. The molecule has 5 nitrogen and oxygen atoms in total. The Morgan fingerprint density at radius 2 is 1.50 bits per heavy atom. The third kappa shape index (κ3) is 3.79. The van der Waals surface area contributed by atoms with Gasteiger partial charge in [0.15, 0.2) is 11.5 Å². The second-order valence-electron chi connectivity index (χ2n) is 5.40. The Bertz CT molecular complexity index is 814. The maximum atomic E-state index is 14.1. The van der Waals surface area contributed by atoms with Crippen LogP contribution in [0.5, 0.6) is 17.2 Å². The Labute approximate surface area is 141 Å². The van der Waals surface area contributed by atoms with Crippen molar-refractivity contribution in [1.29, 1.82) is 0 Å². The Morgan fingerprint density at radius 1 is 0.958 bits per heavy atom. The Balaban J connectivity index is 2.36. The van der Waals surface area contributed by atoms with Crippen LogP contribution < -0.4 is 13.7 Å². The summed E-state index contributed by atoms with van der Waals surface area (Å²) in [6.07, 6.45) is 0. The number of methoxy groups -OCH3 is 2. The van der Waals surface area contributed by atoms with Crippen LogP contribution in [0.15, 0.2) is 41.3 Å². The molecule has 0 N–H and O–H groups in total. The van der Waals surface area contributed by atoms with Crippen LogP contribution >= 0.6 is 0 Å². The van der Waals surface area contributed by atoms with E-state index in [1.54, 1.807) is 12.1 Å². The molecule has 0 saturated heterocycles. The Hall–Kier alpha value is -2.28. The third-order valence-corrected chi connectivity index (χ3v) is 4.72. The number of hydrogen-bond acceptors (Lipinski definition) is 5. The minimum absolute atomic E-state index is 0.0928. The second kappa shape index (κ2) is 7.09. The summed E-state index contributed by atoms with van der Waals surface area (Å²) < 4.78 is 53.8. The van der Waals surface area contributed by atoms with E-state index in [4.69, 9.17) is 13.7 Å². The minimum atomic E-state index is -4.35. The van der Waals surface area contributed by atoms with Gasteiger partial charge < -0.3 is 13.7 Å². The van der Waals surface area contributed by atoms with E-state index in [1.165, 1.54) is 26.4 Å². The Morgan fingerprint density at radius 3 is 2.00 bits per heavy atom. The SMILES string of the molecule is COc1cc(F)c(S(=O)(=O)Oc2ccc(C(C)C)cc2)cc1OC.